The number of nitrogens with zero attached hydrogens (tertiary/aromatic N) is 3. The van der Waals surface area contributed by atoms with E-state index >= 15 is 0 Å². The third kappa shape index (κ3) is 3.12. The summed E-state index contributed by atoms with van der Waals surface area (Å²) in [4.78, 5) is 0. The van der Waals surface area contributed by atoms with Crippen LogP contribution in [0.25, 0.3) is 11.4 Å². The van der Waals surface area contributed by atoms with Crippen LogP contribution >= 0.6 is 23.4 Å². The van der Waals surface area contributed by atoms with Gasteiger partial charge in [0.1, 0.15) is 0 Å². The van der Waals surface area contributed by atoms with Crippen LogP contribution in [0, 0.1) is 0 Å². The van der Waals surface area contributed by atoms with Crippen molar-refractivity contribution in [1.29, 1.82) is 0 Å². The molecule has 0 N–H and O–H groups in total. The Hall–Kier alpha value is -1.78. The number of hydrogen-bond donors (Lipinski definition) is 0. The molecule has 5 heteroatoms. The van der Waals surface area contributed by atoms with Crippen LogP contribution in [0.3, 0.4) is 0 Å². The Labute approximate surface area is 133 Å². The lowest BCUT2D eigenvalue weighted by Gasteiger charge is -2.05. The Kier molecular flexibility index (Phi) is 4.27. The van der Waals surface area contributed by atoms with E-state index in [9.17, 15) is 0 Å². The smallest absolute Gasteiger partial charge is 0.191 e. The molecule has 0 aliphatic rings. The van der Waals surface area contributed by atoms with Crippen molar-refractivity contribution in [2.75, 3.05) is 0 Å². The molecule has 0 saturated heterocycles. The minimum absolute atomic E-state index is 0.778. The van der Waals surface area contributed by atoms with Gasteiger partial charge in [0.25, 0.3) is 0 Å². The van der Waals surface area contributed by atoms with Crippen LogP contribution in [-0.4, -0.2) is 14.8 Å². The Morgan fingerprint density at radius 3 is 2.48 bits per heavy atom. The standard InChI is InChI=1S/C16H14ClN3S/c1-20-15(12-7-3-2-4-8-12)18-19-16(20)21-11-13-9-5-6-10-14(13)17/h2-10H,11H2,1H3. The molecule has 0 spiro atoms. The summed E-state index contributed by atoms with van der Waals surface area (Å²) in [7, 11) is 1.98. The van der Waals surface area contributed by atoms with Gasteiger partial charge in [-0.25, -0.2) is 0 Å². The van der Waals surface area contributed by atoms with Crippen LogP contribution in [-0.2, 0) is 12.8 Å². The number of rotatable bonds is 4. The summed E-state index contributed by atoms with van der Waals surface area (Å²) in [5.41, 5.74) is 2.17. The van der Waals surface area contributed by atoms with Crippen LogP contribution in [0.5, 0.6) is 0 Å². The van der Waals surface area contributed by atoms with E-state index < -0.39 is 0 Å². The fourth-order valence-corrected chi connectivity index (χ4v) is 3.23. The molecular formula is C16H14ClN3S. The molecule has 0 radical (unpaired) electrons. The summed E-state index contributed by atoms with van der Waals surface area (Å²) in [6.45, 7) is 0. The second-order valence-electron chi connectivity index (χ2n) is 4.61. The summed E-state index contributed by atoms with van der Waals surface area (Å²) in [5.74, 6) is 1.65. The minimum Gasteiger partial charge on any atom is -0.305 e. The molecule has 21 heavy (non-hydrogen) atoms. The summed E-state index contributed by atoms with van der Waals surface area (Å²) in [6, 6.07) is 17.9. The van der Waals surface area contributed by atoms with Gasteiger partial charge in [0.05, 0.1) is 0 Å². The monoisotopic (exact) mass is 315 g/mol. The summed E-state index contributed by atoms with van der Waals surface area (Å²) in [5, 5.41) is 10.2. The number of hydrogen-bond acceptors (Lipinski definition) is 3. The predicted molar refractivity (Wildman–Crippen MR) is 87.5 cm³/mol. The van der Waals surface area contributed by atoms with Gasteiger partial charge in [-0.3, -0.25) is 0 Å². The molecule has 2 aromatic carbocycles. The number of aromatic nitrogens is 3. The van der Waals surface area contributed by atoms with Crippen molar-refractivity contribution in [3.05, 3.63) is 65.2 Å². The quantitative estimate of drug-likeness (QED) is 0.667. The van der Waals surface area contributed by atoms with E-state index in [0.717, 1.165) is 32.9 Å². The molecule has 3 rings (SSSR count). The maximum atomic E-state index is 6.18. The fourth-order valence-electron chi connectivity index (χ4n) is 2.04. The van der Waals surface area contributed by atoms with Crippen molar-refractivity contribution in [3.63, 3.8) is 0 Å². The molecule has 0 amide bonds. The third-order valence-electron chi connectivity index (χ3n) is 3.18. The summed E-state index contributed by atoms with van der Waals surface area (Å²) < 4.78 is 2.01. The average Bonchev–Trinajstić information content (AvgIpc) is 2.88. The van der Waals surface area contributed by atoms with E-state index in [2.05, 4.69) is 10.2 Å². The second-order valence-corrected chi connectivity index (χ2v) is 5.96. The van der Waals surface area contributed by atoms with Gasteiger partial charge >= 0.3 is 0 Å². The molecule has 106 valence electrons. The molecule has 1 aromatic heterocycles. The molecule has 0 aliphatic heterocycles. The lowest BCUT2D eigenvalue weighted by Crippen LogP contribution is -1.95. The van der Waals surface area contributed by atoms with Crippen molar-refractivity contribution in [3.8, 4) is 11.4 Å². The first-order chi connectivity index (χ1) is 10.3. The van der Waals surface area contributed by atoms with Gasteiger partial charge in [-0.1, -0.05) is 71.9 Å². The van der Waals surface area contributed by atoms with Crippen molar-refractivity contribution in [1.82, 2.24) is 14.8 Å². The van der Waals surface area contributed by atoms with Gasteiger partial charge in [0.15, 0.2) is 11.0 Å². The number of thioether (sulfide) groups is 1. The molecule has 0 atom stereocenters. The summed E-state index contributed by atoms with van der Waals surface area (Å²) >= 11 is 7.81. The van der Waals surface area contributed by atoms with Crippen molar-refractivity contribution >= 4 is 23.4 Å². The molecule has 0 saturated carbocycles. The van der Waals surface area contributed by atoms with E-state index in [-0.39, 0.29) is 0 Å². The van der Waals surface area contributed by atoms with E-state index in [1.54, 1.807) is 11.8 Å². The van der Waals surface area contributed by atoms with Crippen LogP contribution in [0.15, 0.2) is 59.8 Å². The Morgan fingerprint density at radius 1 is 1.00 bits per heavy atom. The lowest BCUT2D eigenvalue weighted by molar-refractivity contribution is 0.794. The van der Waals surface area contributed by atoms with Crippen molar-refractivity contribution < 1.29 is 0 Å². The largest absolute Gasteiger partial charge is 0.305 e. The second kappa shape index (κ2) is 6.33. The van der Waals surface area contributed by atoms with Crippen LogP contribution in [0.4, 0.5) is 0 Å². The highest BCUT2D eigenvalue weighted by Gasteiger charge is 2.11. The normalized spacial score (nSPS) is 10.8. The van der Waals surface area contributed by atoms with Crippen molar-refractivity contribution in [2.45, 2.75) is 10.9 Å². The maximum absolute atomic E-state index is 6.18. The van der Waals surface area contributed by atoms with E-state index in [1.807, 2.05) is 66.2 Å². The van der Waals surface area contributed by atoms with Gasteiger partial charge in [0, 0.05) is 23.4 Å². The molecule has 0 aliphatic carbocycles. The first-order valence-electron chi connectivity index (χ1n) is 6.57. The highest BCUT2D eigenvalue weighted by atomic mass is 35.5. The summed E-state index contributed by atoms with van der Waals surface area (Å²) in [6.07, 6.45) is 0. The zero-order valence-electron chi connectivity index (χ0n) is 11.5. The number of benzene rings is 2. The Balaban J connectivity index is 1.79. The van der Waals surface area contributed by atoms with Crippen LogP contribution in [0.2, 0.25) is 5.02 Å². The van der Waals surface area contributed by atoms with Gasteiger partial charge in [-0.05, 0) is 11.6 Å². The van der Waals surface area contributed by atoms with E-state index in [1.165, 1.54) is 0 Å². The minimum atomic E-state index is 0.778. The van der Waals surface area contributed by atoms with E-state index in [0.29, 0.717) is 0 Å². The topological polar surface area (TPSA) is 30.7 Å². The Bertz CT molecular complexity index is 740. The van der Waals surface area contributed by atoms with Gasteiger partial charge in [-0.2, -0.15) is 0 Å². The molecular weight excluding hydrogens is 302 g/mol. The SMILES string of the molecule is Cn1c(SCc2ccccc2Cl)nnc1-c1ccccc1. The molecule has 3 nitrogen and oxygen atoms in total. The maximum Gasteiger partial charge on any atom is 0.191 e. The lowest BCUT2D eigenvalue weighted by atomic mass is 10.2. The predicted octanol–water partition coefficient (Wildman–Crippen LogP) is 4.43. The zero-order valence-corrected chi connectivity index (χ0v) is 13.1. The third-order valence-corrected chi connectivity index (χ3v) is 4.62. The van der Waals surface area contributed by atoms with E-state index in [4.69, 9.17) is 11.6 Å². The molecule has 0 fully saturated rings. The average molecular weight is 316 g/mol. The Morgan fingerprint density at radius 2 is 1.71 bits per heavy atom. The number of halogens is 1. The van der Waals surface area contributed by atoms with Crippen LogP contribution < -0.4 is 0 Å². The molecule has 0 bridgehead atoms. The fraction of sp³-hybridized carbons (Fsp3) is 0.125. The first kappa shape index (κ1) is 14.2. The highest BCUT2D eigenvalue weighted by molar-refractivity contribution is 7.98. The van der Waals surface area contributed by atoms with Crippen LogP contribution in [0.1, 0.15) is 5.56 Å². The van der Waals surface area contributed by atoms with Gasteiger partial charge in [0.2, 0.25) is 0 Å². The highest BCUT2D eigenvalue weighted by Crippen LogP contribution is 2.27. The molecule has 1 heterocycles. The first-order valence-corrected chi connectivity index (χ1v) is 7.93. The molecule has 3 aromatic rings. The van der Waals surface area contributed by atoms with Crippen molar-refractivity contribution in [2.24, 2.45) is 7.05 Å². The molecule has 0 unspecified atom stereocenters. The van der Waals surface area contributed by atoms with Gasteiger partial charge < -0.3 is 4.57 Å². The zero-order chi connectivity index (χ0) is 14.7. The van der Waals surface area contributed by atoms with Gasteiger partial charge in [-0.15, -0.1) is 10.2 Å².